The Labute approximate surface area is 166 Å². The first-order chi connectivity index (χ1) is 14.0. The van der Waals surface area contributed by atoms with E-state index in [1.807, 2.05) is 30.3 Å². The predicted octanol–water partition coefficient (Wildman–Crippen LogP) is 1.90. The van der Waals surface area contributed by atoms with E-state index in [0.717, 1.165) is 5.56 Å². The molecule has 0 saturated carbocycles. The number of esters is 1. The fourth-order valence-electron chi connectivity index (χ4n) is 2.49. The zero-order valence-corrected chi connectivity index (χ0v) is 16.1. The van der Waals surface area contributed by atoms with Crippen LogP contribution < -0.4 is 10.1 Å². The van der Waals surface area contributed by atoms with Gasteiger partial charge in [0.2, 0.25) is 17.7 Å². The number of fused-ring (bicyclic) bond motifs is 1. The Morgan fingerprint density at radius 3 is 2.62 bits per heavy atom. The zero-order chi connectivity index (χ0) is 20.6. The van der Waals surface area contributed by atoms with E-state index in [1.54, 1.807) is 4.57 Å². The molecule has 1 amide bonds. The fourth-order valence-corrected chi connectivity index (χ4v) is 2.49. The van der Waals surface area contributed by atoms with E-state index in [0.29, 0.717) is 11.2 Å². The molecule has 10 heteroatoms. The highest BCUT2D eigenvalue weighted by molar-refractivity contribution is 5.88. The molecule has 1 aromatic carbocycles. The third-order valence-corrected chi connectivity index (χ3v) is 3.71. The molecule has 0 fully saturated rings. The quantitative estimate of drug-likeness (QED) is 0.428. The highest BCUT2D eigenvalue weighted by Gasteiger charge is 2.16. The fraction of sp³-hybridized carbons (Fsp3) is 0.316. The number of ether oxygens (including phenoxy) is 3. The lowest BCUT2D eigenvalue weighted by atomic mass is 10.2. The van der Waals surface area contributed by atoms with Crippen LogP contribution in [0.25, 0.3) is 11.2 Å². The molecule has 0 aliphatic heterocycles. The van der Waals surface area contributed by atoms with Gasteiger partial charge in [0.1, 0.15) is 19.9 Å². The Morgan fingerprint density at radius 1 is 1.10 bits per heavy atom. The van der Waals surface area contributed by atoms with Crippen LogP contribution >= 0.6 is 0 Å². The number of aromatic nitrogens is 4. The van der Waals surface area contributed by atoms with Gasteiger partial charge >= 0.3 is 5.97 Å². The largest absolute Gasteiger partial charge is 0.471 e. The monoisotopic (exact) mass is 399 g/mol. The van der Waals surface area contributed by atoms with Crippen molar-refractivity contribution in [2.45, 2.75) is 27.2 Å². The number of benzene rings is 1. The van der Waals surface area contributed by atoms with Crippen LogP contribution in [-0.4, -0.2) is 44.6 Å². The molecule has 2 heterocycles. The molecule has 10 nitrogen and oxygen atoms in total. The van der Waals surface area contributed by atoms with Crippen molar-refractivity contribution in [3.63, 3.8) is 0 Å². The van der Waals surface area contributed by atoms with Crippen LogP contribution in [0, 0.1) is 0 Å². The highest BCUT2D eigenvalue weighted by atomic mass is 16.6. The summed E-state index contributed by atoms with van der Waals surface area (Å²) in [4.78, 5) is 35.0. The number of carbonyl (C=O) groups excluding carboxylic acids is 2. The maximum absolute atomic E-state index is 11.4. The van der Waals surface area contributed by atoms with Gasteiger partial charge in [-0.15, -0.1) is 0 Å². The maximum Gasteiger partial charge on any atom is 0.302 e. The number of anilines is 1. The molecule has 0 aliphatic rings. The van der Waals surface area contributed by atoms with Crippen LogP contribution in [0.1, 0.15) is 19.4 Å². The molecule has 0 unspecified atom stereocenters. The molecule has 0 radical (unpaired) electrons. The number of nitrogens with zero attached hydrogens (tertiary/aromatic N) is 4. The van der Waals surface area contributed by atoms with Gasteiger partial charge in [-0.05, 0) is 5.56 Å². The molecule has 3 rings (SSSR count). The summed E-state index contributed by atoms with van der Waals surface area (Å²) in [5.74, 6) is -0.290. The van der Waals surface area contributed by atoms with Crippen molar-refractivity contribution >= 4 is 29.0 Å². The van der Waals surface area contributed by atoms with Crippen LogP contribution in [0.2, 0.25) is 0 Å². The second-order valence-corrected chi connectivity index (χ2v) is 6.07. The van der Waals surface area contributed by atoms with Gasteiger partial charge in [-0.1, -0.05) is 30.3 Å². The van der Waals surface area contributed by atoms with Crippen molar-refractivity contribution < 1.29 is 23.8 Å². The molecule has 2 aromatic heterocycles. The Hall–Kier alpha value is -3.53. The number of amides is 1. The van der Waals surface area contributed by atoms with E-state index in [2.05, 4.69) is 20.3 Å². The Kier molecular flexibility index (Phi) is 6.69. The van der Waals surface area contributed by atoms with Crippen LogP contribution in [-0.2, 0) is 32.4 Å². The average molecular weight is 399 g/mol. The Balaban J connectivity index is 1.80. The third-order valence-electron chi connectivity index (χ3n) is 3.71. The maximum atomic E-state index is 11.4. The summed E-state index contributed by atoms with van der Waals surface area (Å²) >= 11 is 0. The van der Waals surface area contributed by atoms with Gasteiger partial charge in [0, 0.05) is 13.8 Å². The first-order valence-corrected chi connectivity index (χ1v) is 8.91. The Morgan fingerprint density at radius 2 is 1.90 bits per heavy atom. The summed E-state index contributed by atoms with van der Waals surface area (Å²) in [5, 5.41) is 2.55. The summed E-state index contributed by atoms with van der Waals surface area (Å²) in [6, 6.07) is 9.62. The van der Waals surface area contributed by atoms with Crippen LogP contribution in [0.15, 0.2) is 36.7 Å². The topological polar surface area (TPSA) is 117 Å². The second-order valence-electron chi connectivity index (χ2n) is 6.07. The second kappa shape index (κ2) is 9.60. The molecule has 152 valence electrons. The first-order valence-electron chi connectivity index (χ1n) is 8.91. The van der Waals surface area contributed by atoms with Crippen molar-refractivity contribution in [3.05, 3.63) is 42.2 Å². The number of imidazole rings is 1. The van der Waals surface area contributed by atoms with Crippen LogP contribution in [0.4, 0.5) is 5.95 Å². The van der Waals surface area contributed by atoms with Gasteiger partial charge in [0.05, 0.1) is 12.9 Å². The van der Waals surface area contributed by atoms with Crippen molar-refractivity contribution in [1.82, 2.24) is 19.5 Å². The van der Waals surface area contributed by atoms with Crippen molar-refractivity contribution in [3.8, 4) is 5.88 Å². The number of nitrogens with one attached hydrogen (secondary N) is 1. The summed E-state index contributed by atoms with van der Waals surface area (Å²) in [7, 11) is 0. The lowest BCUT2D eigenvalue weighted by Crippen LogP contribution is -2.12. The SMILES string of the molecule is CC(=O)Nc1nc(OCc2ccccc2)c2c(ncn2COCCOC(C)=O)n1. The molecule has 0 spiro atoms. The molecule has 0 atom stereocenters. The van der Waals surface area contributed by atoms with Crippen molar-refractivity contribution in [2.75, 3.05) is 18.5 Å². The number of hydrogen-bond acceptors (Lipinski definition) is 8. The van der Waals surface area contributed by atoms with E-state index in [-0.39, 0.29) is 50.3 Å². The van der Waals surface area contributed by atoms with E-state index in [1.165, 1.54) is 20.2 Å². The number of carbonyl (C=O) groups is 2. The smallest absolute Gasteiger partial charge is 0.302 e. The van der Waals surface area contributed by atoms with Gasteiger partial charge in [-0.25, -0.2) is 4.98 Å². The minimum absolute atomic E-state index is 0.106. The Bertz CT molecular complexity index is 989. The van der Waals surface area contributed by atoms with E-state index in [9.17, 15) is 9.59 Å². The summed E-state index contributed by atoms with van der Waals surface area (Å²) < 4.78 is 17.9. The van der Waals surface area contributed by atoms with E-state index >= 15 is 0 Å². The van der Waals surface area contributed by atoms with Crippen LogP contribution in [0.3, 0.4) is 0 Å². The molecule has 0 aliphatic carbocycles. The highest BCUT2D eigenvalue weighted by Crippen LogP contribution is 2.24. The standard InChI is InChI=1S/C19H21N5O5/c1-13(25)21-19-22-17-16(18(23-19)29-10-15-6-4-3-5-7-15)24(11-20-17)12-27-8-9-28-14(2)26/h3-7,11H,8-10,12H2,1-2H3,(H,21,22,23,25). The number of hydrogen-bond donors (Lipinski definition) is 1. The minimum atomic E-state index is -0.364. The lowest BCUT2D eigenvalue weighted by molar-refractivity contribution is -0.142. The molecule has 3 aromatic rings. The molecule has 29 heavy (non-hydrogen) atoms. The average Bonchev–Trinajstić information content (AvgIpc) is 3.09. The van der Waals surface area contributed by atoms with Crippen LogP contribution in [0.5, 0.6) is 5.88 Å². The van der Waals surface area contributed by atoms with Gasteiger partial charge in [0.25, 0.3) is 0 Å². The summed E-state index contributed by atoms with van der Waals surface area (Å²) in [6.45, 7) is 3.51. The third kappa shape index (κ3) is 5.72. The molecular formula is C19H21N5O5. The van der Waals surface area contributed by atoms with Gasteiger partial charge in [0.15, 0.2) is 11.2 Å². The molecule has 0 bridgehead atoms. The predicted molar refractivity (Wildman–Crippen MR) is 103 cm³/mol. The molecule has 0 saturated heterocycles. The van der Waals surface area contributed by atoms with Gasteiger partial charge in [-0.3, -0.25) is 14.9 Å². The van der Waals surface area contributed by atoms with Crippen molar-refractivity contribution in [1.29, 1.82) is 0 Å². The number of rotatable bonds is 9. The first kappa shape index (κ1) is 20.2. The van der Waals surface area contributed by atoms with Gasteiger partial charge in [-0.2, -0.15) is 9.97 Å². The lowest BCUT2D eigenvalue weighted by Gasteiger charge is -2.11. The normalized spacial score (nSPS) is 10.7. The van der Waals surface area contributed by atoms with Gasteiger partial charge < -0.3 is 18.8 Å². The van der Waals surface area contributed by atoms with E-state index in [4.69, 9.17) is 14.2 Å². The molecular weight excluding hydrogens is 378 g/mol. The van der Waals surface area contributed by atoms with E-state index < -0.39 is 0 Å². The minimum Gasteiger partial charge on any atom is -0.471 e. The summed E-state index contributed by atoms with van der Waals surface area (Å²) in [6.07, 6.45) is 1.54. The van der Waals surface area contributed by atoms with Crippen molar-refractivity contribution in [2.24, 2.45) is 0 Å². The summed E-state index contributed by atoms with van der Waals surface area (Å²) in [5.41, 5.74) is 1.85. The molecule has 1 N–H and O–H groups in total. The zero-order valence-electron chi connectivity index (χ0n) is 16.1.